The minimum Gasteiger partial charge on any atom is -0.330 e. The molecule has 2 nitrogen and oxygen atoms in total. The van der Waals surface area contributed by atoms with Gasteiger partial charge in [0.25, 0.3) is 0 Å². The van der Waals surface area contributed by atoms with Crippen LogP contribution < -0.4 is 11.1 Å². The SMILES string of the molecule is NCCc1ccc(CNCCCCC(F)(F)F)cc1. The molecule has 0 spiro atoms. The summed E-state index contributed by atoms with van der Waals surface area (Å²) in [5.41, 5.74) is 7.80. The first-order valence-corrected chi connectivity index (χ1v) is 6.56. The lowest BCUT2D eigenvalue weighted by Crippen LogP contribution is -2.16. The fourth-order valence-corrected chi connectivity index (χ4v) is 1.80. The van der Waals surface area contributed by atoms with E-state index in [9.17, 15) is 13.2 Å². The lowest BCUT2D eigenvalue weighted by Gasteiger charge is -2.07. The second-order valence-electron chi connectivity index (χ2n) is 4.60. The zero-order chi connectivity index (χ0) is 14.1. The molecule has 19 heavy (non-hydrogen) atoms. The third-order valence-electron chi connectivity index (χ3n) is 2.85. The number of hydrogen-bond donors (Lipinski definition) is 2. The highest BCUT2D eigenvalue weighted by atomic mass is 19.4. The largest absolute Gasteiger partial charge is 0.389 e. The second kappa shape index (κ2) is 8.17. The van der Waals surface area contributed by atoms with Crippen molar-refractivity contribution >= 4 is 0 Å². The monoisotopic (exact) mass is 274 g/mol. The first kappa shape index (κ1) is 16.0. The third kappa shape index (κ3) is 7.85. The van der Waals surface area contributed by atoms with Crippen molar-refractivity contribution in [1.29, 1.82) is 0 Å². The van der Waals surface area contributed by atoms with Gasteiger partial charge in [-0.15, -0.1) is 0 Å². The van der Waals surface area contributed by atoms with E-state index >= 15 is 0 Å². The Labute approximate surface area is 112 Å². The number of nitrogens with two attached hydrogens (primary N) is 1. The molecule has 0 amide bonds. The lowest BCUT2D eigenvalue weighted by atomic mass is 10.1. The van der Waals surface area contributed by atoms with Crippen LogP contribution in [0.1, 0.15) is 30.4 Å². The zero-order valence-corrected chi connectivity index (χ0v) is 11.0. The fraction of sp³-hybridized carbons (Fsp3) is 0.571. The number of alkyl halides is 3. The van der Waals surface area contributed by atoms with Crippen molar-refractivity contribution in [3.05, 3.63) is 35.4 Å². The van der Waals surface area contributed by atoms with Crippen molar-refractivity contribution in [3.63, 3.8) is 0 Å². The summed E-state index contributed by atoms with van der Waals surface area (Å²) < 4.78 is 35.7. The van der Waals surface area contributed by atoms with Gasteiger partial charge in [-0.3, -0.25) is 0 Å². The normalized spacial score (nSPS) is 11.8. The van der Waals surface area contributed by atoms with Crippen molar-refractivity contribution in [2.45, 2.75) is 38.4 Å². The highest BCUT2D eigenvalue weighted by Crippen LogP contribution is 2.21. The average molecular weight is 274 g/mol. The van der Waals surface area contributed by atoms with E-state index in [0.717, 1.165) is 12.0 Å². The van der Waals surface area contributed by atoms with Gasteiger partial charge in [-0.1, -0.05) is 24.3 Å². The van der Waals surface area contributed by atoms with E-state index in [-0.39, 0.29) is 6.42 Å². The molecule has 0 aliphatic carbocycles. The molecule has 0 radical (unpaired) electrons. The molecule has 5 heteroatoms. The molecule has 1 rings (SSSR count). The van der Waals surface area contributed by atoms with E-state index < -0.39 is 12.6 Å². The van der Waals surface area contributed by atoms with Gasteiger partial charge in [-0.2, -0.15) is 13.2 Å². The molecular formula is C14H21F3N2. The Morgan fingerprint density at radius 1 is 1.00 bits per heavy atom. The van der Waals surface area contributed by atoms with Crippen LogP contribution in [-0.2, 0) is 13.0 Å². The zero-order valence-electron chi connectivity index (χ0n) is 11.0. The predicted octanol–water partition coefficient (Wildman–Crippen LogP) is 3.01. The van der Waals surface area contributed by atoms with E-state index in [2.05, 4.69) is 5.32 Å². The highest BCUT2D eigenvalue weighted by molar-refractivity contribution is 5.22. The van der Waals surface area contributed by atoms with Gasteiger partial charge < -0.3 is 11.1 Å². The van der Waals surface area contributed by atoms with Crippen molar-refractivity contribution in [3.8, 4) is 0 Å². The Kier molecular flexibility index (Phi) is 6.87. The van der Waals surface area contributed by atoms with Gasteiger partial charge in [0.1, 0.15) is 0 Å². The van der Waals surface area contributed by atoms with E-state index in [0.29, 0.717) is 26.1 Å². The average Bonchev–Trinajstić information content (AvgIpc) is 2.35. The molecule has 0 aliphatic heterocycles. The van der Waals surface area contributed by atoms with Crippen molar-refractivity contribution in [1.82, 2.24) is 5.32 Å². The summed E-state index contributed by atoms with van der Waals surface area (Å²) in [6.45, 7) is 1.94. The van der Waals surface area contributed by atoms with Gasteiger partial charge in [-0.05, 0) is 43.5 Å². The molecule has 3 N–H and O–H groups in total. The van der Waals surface area contributed by atoms with Crippen molar-refractivity contribution < 1.29 is 13.2 Å². The maximum atomic E-state index is 11.9. The molecule has 0 unspecified atom stereocenters. The summed E-state index contributed by atoms with van der Waals surface area (Å²) >= 11 is 0. The minimum absolute atomic E-state index is 0.186. The van der Waals surface area contributed by atoms with E-state index in [1.165, 1.54) is 5.56 Å². The van der Waals surface area contributed by atoms with E-state index in [1.54, 1.807) is 0 Å². The molecule has 1 aromatic rings. The summed E-state index contributed by atoms with van der Waals surface area (Å²) in [5.74, 6) is 0. The van der Waals surface area contributed by atoms with Gasteiger partial charge in [0.05, 0.1) is 0 Å². The fourth-order valence-electron chi connectivity index (χ4n) is 1.80. The van der Waals surface area contributed by atoms with Crippen LogP contribution in [0.4, 0.5) is 13.2 Å². The number of unbranched alkanes of at least 4 members (excludes halogenated alkanes) is 1. The van der Waals surface area contributed by atoms with Crippen LogP contribution in [0.15, 0.2) is 24.3 Å². The van der Waals surface area contributed by atoms with Gasteiger partial charge in [0.2, 0.25) is 0 Å². The topological polar surface area (TPSA) is 38.0 Å². The van der Waals surface area contributed by atoms with Gasteiger partial charge in [0.15, 0.2) is 0 Å². The molecule has 0 heterocycles. The molecule has 1 aromatic carbocycles. The van der Waals surface area contributed by atoms with Crippen molar-refractivity contribution in [2.75, 3.05) is 13.1 Å². The number of nitrogens with one attached hydrogen (secondary N) is 1. The Morgan fingerprint density at radius 2 is 1.63 bits per heavy atom. The van der Waals surface area contributed by atoms with Crippen LogP contribution in [0, 0.1) is 0 Å². The van der Waals surface area contributed by atoms with Crippen LogP contribution >= 0.6 is 0 Å². The number of hydrogen-bond acceptors (Lipinski definition) is 2. The molecule has 108 valence electrons. The van der Waals surface area contributed by atoms with Crippen LogP contribution in [0.5, 0.6) is 0 Å². The lowest BCUT2D eigenvalue weighted by molar-refractivity contribution is -0.135. The van der Waals surface area contributed by atoms with Crippen LogP contribution in [0.3, 0.4) is 0 Å². The quantitative estimate of drug-likeness (QED) is 0.715. The number of halogens is 3. The summed E-state index contributed by atoms with van der Waals surface area (Å²) in [4.78, 5) is 0. The third-order valence-corrected chi connectivity index (χ3v) is 2.85. The predicted molar refractivity (Wildman–Crippen MR) is 70.8 cm³/mol. The molecule has 0 saturated carbocycles. The van der Waals surface area contributed by atoms with E-state index in [1.807, 2.05) is 24.3 Å². The highest BCUT2D eigenvalue weighted by Gasteiger charge is 2.25. The molecule has 0 bridgehead atoms. The van der Waals surface area contributed by atoms with Crippen LogP contribution in [0.2, 0.25) is 0 Å². The standard InChI is InChI=1S/C14H21F3N2/c15-14(16,17)8-1-2-10-19-11-13-5-3-12(4-6-13)7-9-18/h3-6,19H,1-2,7-11,18H2. The van der Waals surface area contributed by atoms with Gasteiger partial charge >= 0.3 is 6.18 Å². The minimum atomic E-state index is -4.03. The van der Waals surface area contributed by atoms with Crippen molar-refractivity contribution in [2.24, 2.45) is 5.73 Å². The maximum absolute atomic E-state index is 11.9. The maximum Gasteiger partial charge on any atom is 0.389 e. The number of benzene rings is 1. The molecule has 0 saturated heterocycles. The smallest absolute Gasteiger partial charge is 0.330 e. The first-order valence-electron chi connectivity index (χ1n) is 6.56. The molecule has 0 fully saturated rings. The molecule has 0 aromatic heterocycles. The Hall–Kier alpha value is -1.07. The molecule has 0 aliphatic rings. The van der Waals surface area contributed by atoms with Gasteiger partial charge in [0, 0.05) is 13.0 Å². The van der Waals surface area contributed by atoms with Crippen LogP contribution in [0.25, 0.3) is 0 Å². The summed E-state index contributed by atoms with van der Waals surface area (Å²) in [7, 11) is 0. The first-order chi connectivity index (χ1) is 9.01. The summed E-state index contributed by atoms with van der Waals surface area (Å²) in [6, 6.07) is 8.11. The molecular weight excluding hydrogens is 253 g/mol. The van der Waals surface area contributed by atoms with Crippen LogP contribution in [-0.4, -0.2) is 19.3 Å². The summed E-state index contributed by atoms with van der Waals surface area (Å²) in [6.07, 6.45) is -3.12. The second-order valence-corrected chi connectivity index (χ2v) is 4.60. The van der Waals surface area contributed by atoms with Gasteiger partial charge in [-0.25, -0.2) is 0 Å². The summed E-state index contributed by atoms with van der Waals surface area (Å²) in [5, 5.41) is 3.15. The molecule has 0 atom stereocenters. The number of rotatable bonds is 8. The van der Waals surface area contributed by atoms with E-state index in [4.69, 9.17) is 5.73 Å². The Bertz CT molecular complexity index is 347. The Balaban J connectivity index is 2.12. The Morgan fingerprint density at radius 3 is 2.21 bits per heavy atom.